The molecule has 1 saturated heterocycles. The number of halogens is 1. The first-order valence-electron chi connectivity index (χ1n) is 13.6. The zero-order valence-corrected chi connectivity index (χ0v) is 26.0. The van der Waals surface area contributed by atoms with E-state index in [9.17, 15) is 13.5 Å². The molecule has 3 N–H and O–H groups in total. The van der Waals surface area contributed by atoms with Crippen LogP contribution in [0.15, 0.2) is 53.6 Å². The van der Waals surface area contributed by atoms with E-state index in [2.05, 4.69) is 32.7 Å². The van der Waals surface area contributed by atoms with Gasteiger partial charge in [-0.1, -0.05) is 12.1 Å². The number of fused-ring (bicyclic) bond motifs is 1. The SMILES string of the molecule is CO[As](CCO)C1CCc2ccc(Nc3ncc(Cl)c(Nc4ccccc4S(=O)(=O)N4CCCC4)n3)cc2CC1. The van der Waals surface area contributed by atoms with Crippen molar-refractivity contribution in [2.75, 3.05) is 37.4 Å². The van der Waals surface area contributed by atoms with Crippen molar-refractivity contribution in [3.8, 4) is 0 Å². The second-order valence-electron chi connectivity index (χ2n) is 10.0. The monoisotopic (exact) mass is 647 g/mol. The summed E-state index contributed by atoms with van der Waals surface area (Å²) in [6.07, 6.45) is 7.36. The normalized spacial score (nSPS) is 18.6. The summed E-state index contributed by atoms with van der Waals surface area (Å²) >= 11 is 4.93. The molecule has 3 aromatic rings. The number of rotatable bonds is 10. The van der Waals surface area contributed by atoms with Gasteiger partial charge in [-0.2, -0.15) is 4.31 Å². The first-order chi connectivity index (χ1) is 19.4. The Balaban J connectivity index is 1.33. The molecule has 1 aliphatic heterocycles. The fourth-order valence-electron chi connectivity index (χ4n) is 5.41. The number of sulfonamides is 1. The van der Waals surface area contributed by atoms with Crippen molar-refractivity contribution in [1.29, 1.82) is 0 Å². The third-order valence-electron chi connectivity index (χ3n) is 7.49. The van der Waals surface area contributed by atoms with Crippen molar-refractivity contribution in [2.24, 2.45) is 0 Å². The second kappa shape index (κ2) is 13.2. The van der Waals surface area contributed by atoms with Gasteiger partial charge in [-0.3, -0.25) is 0 Å². The third kappa shape index (κ3) is 6.64. The van der Waals surface area contributed by atoms with Gasteiger partial charge in [-0.05, 0) is 25.0 Å². The van der Waals surface area contributed by atoms with Crippen LogP contribution in [0.4, 0.5) is 23.1 Å². The standard InChI is InChI=1S/C28H35AsClN5O4S/c1-39-29(14-17-36)22-11-8-20-10-13-23(18-21(20)9-12-22)32-28-31-19-24(30)27(34-28)33-25-6-2-3-7-26(25)40(37,38)35-15-4-5-16-35/h2-3,6-7,10,13,18-19,22,36H,4-5,8-9,11-12,14-17H2,1H3,(H2,31,32,33,34). The number of anilines is 4. The molecule has 2 heterocycles. The number of hydrogen-bond donors (Lipinski definition) is 3. The first kappa shape index (κ1) is 29.3. The summed E-state index contributed by atoms with van der Waals surface area (Å²) in [7, 11) is -1.85. The molecule has 2 aliphatic rings. The summed E-state index contributed by atoms with van der Waals surface area (Å²) in [6.45, 7) is 1.25. The number of aromatic nitrogens is 2. The molecule has 0 bridgehead atoms. The van der Waals surface area contributed by atoms with Crippen LogP contribution in [0.5, 0.6) is 0 Å². The van der Waals surface area contributed by atoms with E-state index in [4.69, 9.17) is 15.3 Å². The maximum atomic E-state index is 13.3. The molecule has 0 amide bonds. The Morgan fingerprint density at radius 2 is 1.85 bits per heavy atom. The van der Waals surface area contributed by atoms with Gasteiger partial charge in [0.2, 0.25) is 10.0 Å². The molecule has 0 radical (unpaired) electrons. The van der Waals surface area contributed by atoms with Gasteiger partial charge in [-0.15, -0.1) is 0 Å². The Morgan fingerprint density at radius 1 is 1.10 bits per heavy atom. The summed E-state index contributed by atoms with van der Waals surface area (Å²) in [6, 6.07) is 13.1. The van der Waals surface area contributed by atoms with Crippen molar-refractivity contribution < 1.29 is 17.3 Å². The molecular weight excluding hydrogens is 613 g/mol. The molecule has 1 aromatic heterocycles. The molecular formula is C28H35AsClN5O4S. The molecule has 1 fully saturated rings. The van der Waals surface area contributed by atoms with Crippen LogP contribution >= 0.6 is 11.6 Å². The molecule has 12 heteroatoms. The van der Waals surface area contributed by atoms with Crippen LogP contribution < -0.4 is 10.6 Å². The van der Waals surface area contributed by atoms with Crippen molar-refractivity contribution in [2.45, 2.75) is 53.3 Å². The number of aliphatic hydroxyl groups excluding tert-OH is 1. The maximum absolute atomic E-state index is 13.3. The van der Waals surface area contributed by atoms with Crippen molar-refractivity contribution in [3.63, 3.8) is 0 Å². The Kier molecular flexibility index (Phi) is 9.66. The summed E-state index contributed by atoms with van der Waals surface area (Å²) in [5.74, 6) is 0.675. The van der Waals surface area contributed by atoms with Gasteiger partial charge in [0.05, 0.1) is 0 Å². The molecule has 214 valence electrons. The number of aryl methyl sites for hydroxylation is 2. The van der Waals surface area contributed by atoms with Crippen LogP contribution in [0.3, 0.4) is 0 Å². The summed E-state index contributed by atoms with van der Waals surface area (Å²) in [4.78, 5) is 9.12. The predicted octanol–water partition coefficient (Wildman–Crippen LogP) is 5.28. The van der Waals surface area contributed by atoms with Crippen LogP contribution in [0.1, 0.15) is 36.8 Å². The molecule has 40 heavy (non-hydrogen) atoms. The van der Waals surface area contributed by atoms with Gasteiger partial charge in [0.15, 0.2) is 0 Å². The van der Waals surface area contributed by atoms with E-state index in [0.29, 0.717) is 35.2 Å². The molecule has 2 atom stereocenters. The molecule has 5 rings (SSSR count). The van der Waals surface area contributed by atoms with Crippen molar-refractivity contribution in [3.05, 3.63) is 64.8 Å². The van der Waals surface area contributed by atoms with Gasteiger partial charge < -0.3 is 0 Å². The average Bonchev–Trinajstić information content (AvgIpc) is 3.43. The molecule has 0 spiro atoms. The summed E-state index contributed by atoms with van der Waals surface area (Å²) < 4.78 is 34.4. The van der Waals surface area contributed by atoms with Crippen molar-refractivity contribution >= 4 is 59.8 Å². The van der Waals surface area contributed by atoms with Gasteiger partial charge >= 0.3 is 169 Å². The number of nitrogens with zero attached hydrogens (tertiary/aromatic N) is 3. The van der Waals surface area contributed by atoms with E-state index in [-0.39, 0.29) is 16.5 Å². The summed E-state index contributed by atoms with van der Waals surface area (Å²) in [5, 5.41) is 16.9. The number of hydrogen-bond acceptors (Lipinski definition) is 8. The van der Waals surface area contributed by atoms with Crippen LogP contribution in [0, 0.1) is 0 Å². The van der Waals surface area contributed by atoms with E-state index in [1.54, 1.807) is 31.4 Å². The fourth-order valence-corrected chi connectivity index (χ4v) is 11.2. The van der Waals surface area contributed by atoms with Crippen LogP contribution in [0.25, 0.3) is 0 Å². The number of aliphatic hydroxyl groups is 1. The van der Waals surface area contributed by atoms with E-state index in [0.717, 1.165) is 49.4 Å². The molecule has 2 aromatic carbocycles. The van der Waals surface area contributed by atoms with Crippen LogP contribution in [-0.2, 0) is 26.6 Å². The van der Waals surface area contributed by atoms with E-state index in [1.807, 2.05) is 6.07 Å². The van der Waals surface area contributed by atoms with E-state index >= 15 is 0 Å². The molecule has 1 aliphatic carbocycles. The zero-order chi connectivity index (χ0) is 28.1. The van der Waals surface area contributed by atoms with Crippen molar-refractivity contribution in [1.82, 2.24) is 14.3 Å². The number of nitrogens with one attached hydrogen (secondary N) is 2. The Morgan fingerprint density at radius 3 is 2.60 bits per heavy atom. The summed E-state index contributed by atoms with van der Waals surface area (Å²) in [5.41, 5.74) is 3.94. The Labute approximate surface area is 246 Å². The zero-order valence-electron chi connectivity index (χ0n) is 22.5. The van der Waals surface area contributed by atoms with Gasteiger partial charge in [0.1, 0.15) is 4.90 Å². The third-order valence-corrected chi connectivity index (χ3v) is 14.8. The van der Waals surface area contributed by atoms with E-state index in [1.165, 1.54) is 21.6 Å². The minimum atomic E-state index is -3.64. The predicted molar refractivity (Wildman–Crippen MR) is 160 cm³/mol. The van der Waals surface area contributed by atoms with Gasteiger partial charge in [-0.25, -0.2) is 8.42 Å². The van der Waals surface area contributed by atoms with Gasteiger partial charge in [0, 0.05) is 13.1 Å². The van der Waals surface area contributed by atoms with E-state index < -0.39 is 25.0 Å². The first-order valence-corrected chi connectivity index (χ1v) is 18.6. The molecule has 9 nitrogen and oxygen atoms in total. The Hall–Kier alpha value is -2.20. The minimum absolute atomic E-state index is 0.197. The molecule has 2 unspecified atom stereocenters. The number of para-hydroxylation sites is 1. The second-order valence-corrected chi connectivity index (χ2v) is 17.3. The number of benzene rings is 2. The quantitative estimate of drug-likeness (QED) is 0.201. The van der Waals surface area contributed by atoms with Crippen LogP contribution in [-0.4, -0.2) is 69.6 Å². The van der Waals surface area contributed by atoms with Crippen LogP contribution in [0.2, 0.25) is 14.9 Å². The molecule has 0 saturated carbocycles. The average molecular weight is 648 g/mol. The fraction of sp³-hybridized carbons (Fsp3) is 0.429. The topological polar surface area (TPSA) is 117 Å². The Bertz CT molecular complexity index is 1440. The van der Waals surface area contributed by atoms with Gasteiger partial charge in [0.25, 0.3) is 0 Å².